The van der Waals surface area contributed by atoms with Crippen molar-refractivity contribution in [3.8, 4) is 23.6 Å². The summed E-state index contributed by atoms with van der Waals surface area (Å²) in [5, 5.41) is 0. The van der Waals surface area contributed by atoms with Gasteiger partial charge >= 0.3 is 0 Å². The molecule has 1 aliphatic carbocycles. The highest BCUT2D eigenvalue weighted by Crippen LogP contribution is 2.41. The Morgan fingerprint density at radius 2 is 2.24 bits per heavy atom. The van der Waals surface area contributed by atoms with E-state index in [-0.39, 0.29) is 0 Å². The highest BCUT2D eigenvalue weighted by atomic mass is 15.1. The van der Waals surface area contributed by atoms with E-state index in [4.69, 9.17) is 17.1 Å². The summed E-state index contributed by atoms with van der Waals surface area (Å²) in [6.45, 7) is 2.62. The Morgan fingerprint density at radius 1 is 1.43 bits per heavy atom. The van der Waals surface area contributed by atoms with E-state index in [1.165, 1.54) is 18.4 Å². The second-order valence-electron chi connectivity index (χ2n) is 5.70. The maximum atomic E-state index is 6.30. The monoisotopic (exact) mass is 279 g/mol. The van der Waals surface area contributed by atoms with E-state index in [1.54, 1.807) is 0 Å². The minimum absolute atomic E-state index is 0.483. The maximum Gasteiger partial charge on any atom is 0.132 e. The maximum absolute atomic E-state index is 6.30. The van der Waals surface area contributed by atoms with Crippen LogP contribution in [0.15, 0.2) is 24.3 Å². The van der Waals surface area contributed by atoms with Gasteiger partial charge in [-0.1, -0.05) is 31.0 Å². The van der Waals surface area contributed by atoms with E-state index >= 15 is 0 Å². The molecular weight excluding hydrogens is 258 g/mol. The fourth-order valence-electron chi connectivity index (χ4n) is 2.76. The molecule has 108 valence electrons. The van der Waals surface area contributed by atoms with Crippen molar-refractivity contribution in [3.63, 3.8) is 0 Å². The van der Waals surface area contributed by atoms with Gasteiger partial charge in [0.2, 0.25) is 0 Å². The molecule has 0 spiro atoms. The van der Waals surface area contributed by atoms with Crippen molar-refractivity contribution in [1.82, 2.24) is 9.55 Å². The summed E-state index contributed by atoms with van der Waals surface area (Å²) in [7, 11) is 0. The number of nitrogens with zero attached hydrogens (tertiary/aromatic N) is 2. The lowest BCUT2D eigenvalue weighted by atomic mass is 10.1. The van der Waals surface area contributed by atoms with Crippen LogP contribution in [0.4, 0.5) is 5.82 Å². The van der Waals surface area contributed by atoms with Crippen molar-refractivity contribution in [2.45, 2.75) is 45.1 Å². The number of imidazole rings is 1. The molecule has 1 saturated carbocycles. The van der Waals surface area contributed by atoms with Gasteiger partial charge in [0, 0.05) is 12.0 Å². The molecule has 2 aromatic rings. The molecule has 0 aliphatic heterocycles. The first-order valence-electron chi connectivity index (χ1n) is 7.63. The molecule has 21 heavy (non-hydrogen) atoms. The fourth-order valence-corrected chi connectivity index (χ4v) is 2.76. The van der Waals surface area contributed by atoms with Crippen LogP contribution in [0.2, 0.25) is 0 Å². The Labute approximate surface area is 126 Å². The van der Waals surface area contributed by atoms with Crippen molar-refractivity contribution < 1.29 is 0 Å². The number of rotatable bonds is 5. The summed E-state index contributed by atoms with van der Waals surface area (Å²) in [4.78, 5) is 4.75. The van der Waals surface area contributed by atoms with Crippen LogP contribution >= 0.6 is 0 Å². The highest BCUT2D eigenvalue weighted by molar-refractivity contribution is 5.72. The van der Waals surface area contributed by atoms with E-state index < -0.39 is 0 Å². The Morgan fingerprint density at radius 3 is 2.90 bits per heavy atom. The van der Waals surface area contributed by atoms with E-state index in [2.05, 4.69) is 37.1 Å². The molecule has 1 aromatic carbocycles. The Balaban J connectivity index is 2.03. The number of benzene rings is 1. The lowest BCUT2D eigenvalue weighted by molar-refractivity contribution is 0.733. The lowest BCUT2D eigenvalue weighted by Gasteiger charge is -2.05. The van der Waals surface area contributed by atoms with Gasteiger partial charge in [-0.15, -0.1) is 6.42 Å². The molecule has 2 N–H and O–H groups in total. The van der Waals surface area contributed by atoms with Gasteiger partial charge < -0.3 is 10.3 Å². The van der Waals surface area contributed by atoms with Gasteiger partial charge in [0.05, 0.1) is 6.54 Å². The molecular formula is C18H21N3. The number of hydrogen-bond acceptors (Lipinski definition) is 2. The average molecular weight is 279 g/mol. The number of anilines is 1. The van der Waals surface area contributed by atoms with Gasteiger partial charge in [-0.3, -0.25) is 0 Å². The SMILES string of the molecule is C#CCn1c(CCC)nc(-c2cccc(C3CC3)c2)c1N. The van der Waals surface area contributed by atoms with E-state index in [9.17, 15) is 0 Å². The van der Waals surface area contributed by atoms with Gasteiger partial charge in [-0.05, 0) is 36.8 Å². The third kappa shape index (κ3) is 2.67. The molecule has 0 radical (unpaired) electrons. The molecule has 0 unspecified atom stereocenters. The van der Waals surface area contributed by atoms with Gasteiger partial charge in [0.25, 0.3) is 0 Å². The van der Waals surface area contributed by atoms with Gasteiger partial charge in [-0.2, -0.15) is 0 Å². The zero-order chi connectivity index (χ0) is 14.8. The largest absolute Gasteiger partial charge is 0.383 e. The zero-order valence-corrected chi connectivity index (χ0v) is 12.5. The standard InChI is InChI=1S/C18H21N3/c1-3-6-16-20-17(18(19)21(16)11-4-2)15-8-5-7-14(12-15)13-9-10-13/h2,5,7-8,12-13H,3,6,9-11,19H2,1H3. The summed E-state index contributed by atoms with van der Waals surface area (Å²) in [5.74, 6) is 5.07. The Bertz CT molecular complexity index is 687. The molecule has 0 atom stereocenters. The minimum atomic E-state index is 0.483. The first kappa shape index (κ1) is 13.8. The highest BCUT2D eigenvalue weighted by Gasteiger charge is 2.24. The molecule has 0 amide bonds. The Kier molecular flexibility index (Phi) is 3.70. The van der Waals surface area contributed by atoms with Crippen LogP contribution in [0.3, 0.4) is 0 Å². The van der Waals surface area contributed by atoms with E-state index in [1.807, 2.05) is 4.57 Å². The Hall–Kier alpha value is -2.21. The molecule has 3 rings (SSSR count). The molecule has 0 saturated heterocycles. The molecule has 0 bridgehead atoms. The van der Waals surface area contributed by atoms with E-state index in [0.29, 0.717) is 12.4 Å². The van der Waals surface area contributed by atoms with Crippen LogP contribution in [0, 0.1) is 12.3 Å². The van der Waals surface area contributed by atoms with Crippen molar-refractivity contribution in [3.05, 3.63) is 35.7 Å². The number of nitrogen functional groups attached to an aromatic ring is 1. The normalized spacial score (nSPS) is 14.1. The lowest BCUT2D eigenvalue weighted by Crippen LogP contribution is -2.06. The number of aromatic nitrogens is 2. The third-order valence-electron chi connectivity index (χ3n) is 4.02. The van der Waals surface area contributed by atoms with Crippen molar-refractivity contribution in [2.75, 3.05) is 5.73 Å². The van der Waals surface area contributed by atoms with Crippen molar-refractivity contribution >= 4 is 5.82 Å². The number of aryl methyl sites for hydroxylation is 1. The third-order valence-corrected chi connectivity index (χ3v) is 4.02. The average Bonchev–Trinajstić information content (AvgIpc) is 3.29. The minimum Gasteiger partial charge on any atom is -0.383 e. The number of terminal acetylenes is 1. The summed E-state index contributed by atoms with van der Waals surface area (Å²) in [5.41, 5.74) is 9.67. The van der Waals surface area contributed by atoms with Crippen LogP contribution in [-0.2, 0) is 13.0 Å². The van der Waals surface area contributed by atoms with Gasteiger partial charge in [0.15, 0.2) is 0 Å². The molecule has 1 aromatic heterocycles. The topological polar surface area (TPSA) is 43.8 Å². The summed E-state index contributed by atoms with van der Waals surface area (Å²) in [6.07, 6.45) is 9.98. The quantitative estimate of drug-likeness (QED) is 0.850. The van der Waals surface area contributed by atoms with Gasteiger partial charge in [0.1, 0.15) is 17.3 Å². The zero-order valence-electron chi connectivity index (χ0n) is 12.5. The molecule has 3 nitrogen and oxygen atoms in total. The predicted molar refractivity (Wildman–Crippen MR) is 86.9 cm³/mol. The fraction of sp³-hybridized carbons (Fsp3) is 0.389. The summed E-state index contributed by atoms with van der Waals surface area (Å²) < 4.78 is 1.96. The number of hydrogen-bond donors (Lipinski definition) is 1. The predicted octanol–water partition coefficient (Wildman–Crippen LogP) is 3.60. The number of nitrogens with two attached hydrogens (primary N) is 1. The second-order valence-corrected chi connectivity index (χ2v) is 5.70. The summed E-state index contributed by atoms with van der Waals surface area (Å²) in [6, 6.07) is 8.61. The van der Waals surface area contributed by atoms with Crippen LogP contribution in [0.5, 0.6) is 0 Å². The van der Waals surface area contributed by atoms with Crippen molar-refractivity contribution in [2.24, 2.45) is 0 Å². The van der Waals surface area contributed by atoms with Crippen LogP contribution in [0.25, 0.3) is 11.3 Å². The van der Waals surface area contributed by atoms with Crippen LogP contribution < -0.4 is 5.73 Å². The van der Waals surface area contributed by atoms with Crippen LogP contribution in [0.1, 0.15) is 43.5 Å². The van der Waals surface area contributed by atoms with Crippen LogP contribution in [-0.4, -0.2) is 9.55 Å². The first-order valence-corrected chi connectivity index (χ1v) is 7.63. The molecule has 1 aliphatic rings. The van der Waals surface area contributed by atoms with Gasteiger partial charge in [-0.25, -0.2) is 4.98 Å². The van der Waals surface area contributed by atoms with E-state index in [0.717, 1.165) is 35.8 Å². The molecule has 1 heterocycles. The first-order chi connectivity index (χ1) is 10.2. The van der Waals surface area contributed by atoms with Crippen molar-refractivity contribution in [1.29, 1.82) is 0 Å². The second kappa shape index (κ2) is 5.65. The summed E-state index contributed by atoms with van der Waals surface area (Å²) >= 11 is 0. The molecule has 3 heteroatoms. The smallest absolute Gasteiger partial charge is 0.132 e. The molecule has 1 fully saturated rings.